The fourth-order valence-corrected chi connectivity index (χ4v) is 2.68. The van der Waals surface area contributed by atoms with Gasteiger partial charge < -0.3 is 10.2 Å². The maximum atomic E-state index is 12.3. The highest BCUT2D eigenvalue weighted by Crippen LogP contribution is 2.29. The molecule has 1 aliphatic heterocycles. The second-order valence-corrected chi connectivity index (χ2v) is 5.57. The van der Waals surface area contributed by atoms with Crippen LogP contribution in [0.25, 0.3) is 0 Å². The Morgan fingerprint density at radius 3 is 2.53 bits per heavy atom. The summed E-state index contributed by atoms with van der Waals surface area (Å²) in [7, 11) is 0. The smallest absolute Gasteiger partial charge is 0.223 e. The van der Waals surface area contributed by atoms with Crippen molar-refractivity contribution < 1.29 is 4.79 Å². The summed E-state index contributed by atoms with van der Waals surface area (Å²) in [6, 6.07) is 0.593. The summed E-state index contributed by atoms with van der Waals surface area (Å²) >= 11 is 0. The molecule has 2 aliphatic rings. The van der Waals surface area contributed by atoms with Crippen LogP contribution in [0.3, 0.4) is 0 Å². The largest absolute Gasteiger partial charge is 0.340 e. The van der Waals surface area contributed by atoms with Gasteiger partial charge >= 0.3 is 0 Å². The van der Waals surface area contributed by atoms with Crippen molar-refractivity contribution in [2.75, 3.05) is 19.6 Å². The first-order valence-electron chi connectivity index (χ1n) is 7.31. The van der Waals surface area contributed by atoms with Gasteiger partial charge in [0.1, 0.15) is 0 Å². The molecule has 98 valence electrons. The van der Waals surface area contributed by atoms with Crippen LogP contribution in [0.15, 0.2) is 0 Å². The standard InChI is InChI=1S/C14H26N2O/c1-2-3-10-16(13-4-5-13)14(17)11-12-6-8-15-9-7-12/h12-13,15H,2-11H2,1H3. The molecule has 1 aliphatic carbocycles. The summed E-state index contributed by atoms with van der Waals surface area (Å²) in [5, 5.41) is 3.36. The van der Waals surface area contributed by atoms with Crippen LogP contribution in [-0.2, 0) is 4.79 Å². The number of hydrogen-bond donors (Lipinski definition) is 1. The Balaban J connectivity index is 1.78. The Kier molecular flexibility index (Phi) is 4.84. The minimum Gasteiger partial charge on any atom is -0.340 e. The van der Waals surface area contributed by atoms with Gasteiger partial charge in [-0.05, 0) is 51.1 Å². The third kappa shape index (κ3) is 3.98. The van der Waals surface area contributed by atoms with Crippen molar-refractivity contribution in [2.45, 2.75) is 57.9 Å². The molecule has 0 spiro atoms. The van der Waals surface area contributed by atoms with E-state index < -0.39 is 0 Å². The second kappa shape index (κ2) is 6.39. The summed E-state index contributed by atoms with van der Waals surface area (Å²) in [5.41, 5.74) is 0. The highest BCUT2D eigenvalue weighted by atomic mass is 16.2. The number of piperidine rings is 1. The highest BCUT2D eigenvalue weighted by molar-refractivity contribution is 5.77. The third-order valence-electron chi connectivity index (χ3n) is 3.98. The van der Waals surface area contributed by atoms with Gasteiger partial charge in [0, 0.05) is 19.0 Å². The van der Waals surface area contributed by atoms with Gasteiger partial charge in [0.05, 0.1) is 0 Å². The van der Waals surface area contributed by atoms with Gasteiger partial charge in [-0.2, -0.15) is 0 Å². The van der Waals surface area contributed by atoms with E-state index in [0.29, 0.717) is 17.9 Å². The van der Waals surface area contributed by atoms with E-state index in [4.69, 9.17) is 0 Å². The van der Waals surface area contributed by atoms with Crippen LogP contribution < -0.4 is 5.32 Å². The zero-order chi connectivity index (χ0) is 12.1. The molecule has 1 N–H and O–H groups in total. The molecule has 1 saturated carbocycles. The first-order chi connectivity index (χ1) is 8.31. The lowest BCUT2D eigenvalue weighted by Crippen LogP contribution is -2.37. The van der Waals surface area contributed by atoms with E-state index in [1.54, 1.807) is 0 Å². The van der Waals surface area contributed by atoms with E-state index in [-0.39, 0.29) is 0 Å². The number of unbranched alkanes of at least 4 members (excludes halogenated alkanes) is 1. The van der Waals surface area contributed by atoms with E-state index in [0.717, 1.165) is 32.5 Å². The molecule has 17 heavy (non-hydrogen) atoms. The first kappa shape index (κ1) is 12.9. The van der Waals surface area contributed by atoms with Gasteiger partial charge in [-0.1, -0.05) is 13.3 Å². The monoisotopic (exact) mass is 238 g/mol. The Morgan fingerprint density at radius 2 is 1.94 bits per heavy atom. The molecule has 0 unspecified atom stereocenters. The molecule has 0 aromatic heterocycles. The van der Waals surface area contributed by atoms with Crippen LogP contribution >= 0.6 is 0 Å². The predicted octanol–water partition coefficient (Wildman–Crippen LogP) is 2.17. The van der Waals surface area contributed by atoms with E-state index in [9.17, 15) is 4.79 Å². The van der Waals surface area contributed by atoms with Crippen LogP contribution in [0.2, 0.25) is 0 Å². The van der Waals surface area contributed by atoms with Crippen molar-refractivity contribution in [1.29, 1.82) is 0 Å². The average Bonchev–Trinajstić information content (AvgIpc) is 3.15. The topological polar surface area (TPSA) is 32.3 Å². The molecule has 3 nitrogen and oxygen atoms in total. The van der Waals surface area contributed by atoms with Gasteiger partial charge in [-0.25, -0.2) is 0 Å². The zero-order valence-electron chi connectivity index (χ0n) is 11.1. The lowest BCUT2D eigenvalue weighted by Gasteiger charge is -2.27. The molecule has 3 heteroatoms. The summed E-state index contributed by atoms with van der Waals surface area (Å²) in [4.78, 5) is 14.5. The molecular weight excluding hydrogens is 212 g/mol. The number of nitrogens with one attached hydrogen (secondary N) is 1. The number of rotatable bonds is 6. The SMILES string of the molecule is CCCCN(C(=O)CC1CCNCC1)C1CC1. The van der Waals surface area contributed by atoms with Crippen LogP contribution in [0.5, 0.6) is 0 Å². The fourth-order valence-electron chi connectivity index (χ4n) is 2.68. The Morgan fingerprint density at radius 1 is 1.24 bits per heavy atom. The van der Waals surface area contributed by atoms with Crippen LogP contribution in [0.1, 0.15) is 51.9 Å². The Hall–Kier alpha value is -0.570. The molecule has 2 fully saturated rings. The normalized spacial score (nSPS) is 21.5. The third-order valence-corrected chi connectivity index (χ3v) is 3.98. The molecule has 0 bridgehead atoms. The van der Waals surface area contributed by atoms with Gasteiger partial charge in [0.15, 0.2) is 0 Å². The maximum Gasteiger partial charge on any atom is 0.223 e. The predicted molar refractivity (Wildman–Crippen MR) is 69.9 cm³/mol. The molecule has 0 atom stereocenters. The van der Waals surface area contributed by atoms with E-state index in [1.807, 2.05) is 0 Å². The number of hydrogen-bond acceptors (Lipinski definition) is 2. The summed E-state index contributed by atoms with van der Waals surface area (Å²) in [6.07, 6.45) is 7.97. The van der Waals surface area contributed by atoms with Gasteiger partial charge in [0.25, 0.3) is 0 Å². The summed E-state index contributed by atoms with van der Waals surface area (Å²) < 4.78 is 0. The molecular formula is C14H26N2O. The van der Waals surface area contributed by atoms with Gasteiger partial charge in [-0.15, -0.1) is 0 Å². The summed E-state index contributed by atoms with van der Waals surface area (Å²) in [5.74, 6) is 1.06. The van der Waals surface area contributed by atoms with Crippen LogP contribution in [0.4, 0.5) is 0 Å². The number of carbonyl (C=O) groups is 1. The van der Waals surface area contributed by atoms with E-state index in [1.165, 1.54) is 32.1 Å². The first-order valence-corrected chi connectivity index (χ1v) is 7.31. The summed E-state index contributed by atoms with van der Waals surface area (Å²) in [6.45, 7) is 5.37. The maximum absolute atomic E-state index is 12.3. The van der Waals surface area contributed by atoms with E-state index in [2.05, 4.69) is 17.1 Å². The lowest BCUT2D eigenvalue weighted by atomic mass is 9.94. The zero-order valence-corrected chi connectivity index (χ0v) is 11.1. The Labute approximate surface area is 105 Å². The highest BCUT2D eigenvalue weighted by Gasteiger charge is 2.32. The Bertz CT molecular complexity index is 245. The number of nitrogens with zero attached hydrogens (tertiary/aromatic N) is 1. The van der Waals surface area contributed by atoms with Crippen molar-refractivity contribution >= 4 is 5.91 Å². The molecule has 0 aromatic rings. The second-order valence-electron chi connectivity index (χ2n) is 5.57. The van der Waals surface area contributed by atoms with E-state index >= 15 is 0 Å². The fraction of sp³-hybridized carbons (Fsp3) is 0.929. The van der Waals surface area contributed by atoms with Gasteiger partial charge in [-0.3, -0.25) is 4.79 Å². The molecule has 0 radical (unpaired) electrons. The molecule has 2 rings (SSSR count). The molecule has 1 amide bonds. The van der Waals surface area contributed by atoms with Crippen molar-refractivity contribution in [3.8, 4) is 0 Å². The van der Waals surface area contributed by atoms with Crippen LogP contribution in [-0.4, -0.2) is 36.5 Å². The molecule has 0 aromatic carbocycles. The minimum absolute atomic E-state index is 0.424. The number of carbonyl (C=O) groups excluding carboxylic acids is 1. The van der Waals surface area contributed by atoms with Crippen LogP contribution in [0, 0.1) is 5.92 Å². The quantitative estimate of drug-likeness (QED) is 0.769. The minimum atomic E-state index is 0.424. The molecule has 1 heterocycles. The van der Waals surface area contributed by atoms with Crippen molar-refractivity contribution in [2.24, 2.45) is 5.92 Å². The lowest BCUT2D eigenvalue weighted by molar-refractivity contribution is -0.133. The van der Waals surface area contributed by atoms with Crippen molar-refractivity contribution in [1.82, 2.24) is 10.2 Å². The van der Waals surface area contributed by atoms with Crippen molar-refractivity contribution in [3.63, 3.8) is 0 Å². The molecule has 1 saturated heterocycles. The number of amides is 1. The average molecular weight is 238 g/mol. The van der Waals surface area contributed by atoms with Crippen molar-refractivity contribution in [3.05, 3.63) is 0 Å². The van der Waals surface area contributed by atoms with Gasteiger partial charge in [0.2, 0.25) is 5.91 Å².